The Labute approximate surface area is 203 Å². The fraction of sp³-hybridized carbons (Fsp3) is 0.167. The van der Waals surface area contributed by atoms with Gasteiger partial charge in [0.25, 0.3) is 0 Å². The number of anilines is 2. The fourth-order valence-corrected chi connectivity index (χ4v) is 4.50. The molecule has 0 radical (unpaired) electrons. The summed E-state index contributed by atoms with van der Waals surface area (Å²) in [6.45, 7) is 4.75. The average Bonchev–Trinajstić information content (AvgIpc) is 3.39. The summed E-state index contributed by atoms with van der Waals surface area (Å²) in [5, 5.41) is 6.05. The molecule has 2 heterocycles. The number of aromatic nitrogens is 2. The number of thiazole rings is 1. The van der Waals surface area contributed by atoms with Crippen molar-refractivity contribution in [3.8, 4) is 11.3 Å². The van der Waals surface area contributed by atoms with Gasteiger partial charge in [-0.05, 0) is 43.7 Å². The molecule has 0 aliphatic carbocycles. The minimum absolute atomic E-state index is 0.0208. The van der Waals surface area contributed by atoms with Gasteiger partial charge in [-0.1, -0.05) is 35.0 Å². The van der Waals surface area contributed by atoms with Crippen molar-refractivity contribution in [2.45, 2.75) is 27.4 Å². The smallest absolute Gasteiger partial charge is 0.344 e. The van der Waals surface area contributed by atoms with Gasteiger partial charge in [-0.25, -0.2) is 14.2 Å². The second kappa shape index (κ2) is 9.74. The maximum atomic E-state index is 14.4. The molecule has 174 valence electrons. The molecular weight excluding hydrogens is 481 g/mol. The first-order chi connectivity index (χ1) is 16.3. The van der Waals surface area contributed by atoms with Gasteiger partial charge in [-0.3, -0.25) is 9.69 Å². The van der Waals surface area contributed by atoms with Crippen LogP contribution in [-0.4, -0.2) is 22.0 Å². The number of ether oxygens (including phenoxy) is 1. The summed E-state index contributed by atoms with van der Waals surface area (Å²) in [6, 6.07) is 11.7. The Morgan fingerprint density at radius 3 is 2.68 bits per heavy atom. The molecule has 0 bridgehead atoms. The van der Waals surface area contributed by atoms with Crippen molar-refractivity contribution in [2.75, 3.05) is 4.90 Å². The van der Waals surface area contributed by atoms with Crippen LogP contribution in [0.3, 0.4) is 0 Å². The molecule has 1 amide bonds. The van der Waals surface area contributed by atoms with Gasteiger partial charge in [0.15, 0.2) is 5.13 Å². The largest absolute Gasteiger partial charge is 0.455 e. The van der Waals surface area contributed by atoms with Crippen LogP contribution in [0.4, 0.5) is 15.2 Å². The van der Waals surface area contributed by atoms with Crippen molar-refractivity contribution in [3.63, 3.8) is 0 Å². The van der Waals surface area contributed by atoms with Crippen molar-refractivity contribution >= 4 is 45.6 Å². The van der Waals surface area contributed by atoms with Crippen LogP contribution in [0.2, 0.25) is 5.02 Å². The summed E-state index contributed by atoms with van der Waals surface area (Å²) < 4.78 is 24.9. The molecule has 0 aliphatic heterocycles. The van der Waals surface area contributed by atoms with E-state index in [0.717, 1.165) is 5.56 Å². The van der Waals surface area contributed by atoms with E-state index in [-0.39, 0.29) is 40.1 Å². The molecule has 2 aromatic carbocycles. The Morgan fingerprint density at radius 1 is 1.21 bits per heavy atom. The summed E-state index contributed by atoms with van der Waals surface area (Å²) in [4.78, 5) is 31.1. The van der Waals surface area contributed by atoms with Gasteiger partial charge in [0, 0.05) is 12.3 Å². The van der Waals surface area contributed by atoms with E-state index < -0.39 is 11.8 Å². The Balaban J connectivity index is 1.55. The number of halogens is 2. The van der Waals surface area contributed by atoms with E-state index in [0.29, 0.717) is 16.5 Å². The third-order valence-electron chi connectivity index (χ3n) is 4.92. The van der Waals surface area contributed by atoms with Crippen LogP contribution < -0.4 is 4.90 Å². The fourth-order valence-electron chi connectivity index (χ4n) is 3.38. The quantitative estimate of drug-likeness (QED) is 0.291. The van der Waals surface area contributed by atoms with Gasteiger partial charge < -0.3 is 9.26 Å². The number of rotatable bonds is 6. The van der Waals surface area contributed by atoms with E-state index in [1.54, 1.807) is 5.38 Å². The summed E-state index contributed by atoms with van der Waals surface area (Å²) in [6.07, 6.45) is 0. The molecule has 0 atom stereocenters. The second-order valence-electron chi connectivity index (χ2n) is 7.45. The predicted molar refractivity (Wildman–Crippen MR) is 127 cm³/mol. The van der Waals surface area contributed by atoms with Crippen molar-refractivity contribution in [1.82, 2.24) is 10.1 Å². The van der Waals surface area contributed by atoms with E-state index in [9.17, 15) is 14.0 Å². The van der Waals surface area contributed by atoms with Crippen LogP contribution in [0.15, 0.2) is 52.4 Å². The third kappa shape index (κ3) is 4.71. The lowest BCUT2D eigenvalue weighted by atomic mass is 10.1. The van der Waals surface area contributed by atoms with Crippen molar-refractivity contribution in [3.05, 3.63) is 81.3 Å². The Hall–Kier alpha value is -3.56. The molecule has 0 spiro atoms. The van der Waals surface area contributed by atoms with Gasteiger partial charge in [0.2, 0.25) is 5.91 Å². The zero-order valence-corrected chi connectivity index (χ0v) is 20.0. The molecule has 10 heteroatoms. The van der Waals surface area contributed by atoms with Crippen molar-refractivity contribution in [2.24, 2.45) is 0 Å². The summed E-state index contributed by atoms with van der Waals surface area (Å²) in [5.41, 5.74) is 2.05. The lowest BCUT2D eigenvalue weighted by molar-refractivity contribution is -0.115. The average molecular weight is 500 g/mol. The first-order valence-electron chi connectivity index (χ1n) is 10.2. The highest BCUT2D eigenvalue weighted by molar-refractivity contribution is 7.14. The molecule has 34 heavy (non-hydrogen) atoms. The number of carbonyl (C=O) groups excluding carboxylic acids is 2. The topological polar surface area (TPSA) is 85.5 Å². The molecule has 4 rings (SSSR count). The molecule has 0 aliphatic rings. The van der Waals surface area contributed by atoms with E-state index >= 15 is 0 Å². The molecule has 2 aromatic heterocycles. The van der Waals surface area contributed by atoms with Gasteiger partial charge >= 0.3 is 5.97 Å². The Morgan fingerprint density at radius 2 is 1.97 bits per heavy atom. The van der Waals surface area contributed by atoms with E-state index in [4.69, 9.17) is 20.9 Å². The zero-order chi connectivity index (χ0) is 24.4. The minimum Gasteiger partial charge on any atom is -0.455 e. The first-order valence-corrected chi connectivity index (χ1v) is 11.4. The second-order valence-corrected chi connectivity index (χ2v) is 8.69. The van der Waals surface area contributed by atoms with Crippen LogP contribution >= 0.6 is 22.9 Å². The van der Waals surface area contributed by atoms with E-state index in [2.05, 4.69) is 10.1 Å². The lowest BCUT2D eigenvalue weighted by Crippen LogP contribution is -2.22. The normalized spacial score (nSPS) is 10.9. The SMILES string of the molecule is CC(=O)N(c1cccc(C)c1)c1nc(COC(=O)c2c(-c3c(F)cccc3Cl)noc2C)cs1. The molecule has 0 unspecified atom stereocenters. The molecule has 0 N–H and O–H groups in total. The van der Waals surface area contributed by atoms with E-state index in [1.165, 1.54) is 48.3 Å². The van der Waals surface area contributed by atoms with Gasteiger partial charge in [0.1, 0.15) is 29.4 Å². The molecule has 0 saturated carbocycles. The molecule has 4 aromatic rings. The number of esters is 1. The predicted octanol–water partition coefficient (Wildman–Crippen LogP) is 6.25. The molecule has 0 fully saturated rings. The lowest BCUT2D eigenvalue weighted by Gasteiger charge is -2.18. The Kier molecular flexibility index (Phi) is 6.76. The summed E-state index contributed by atoms with van der Waals surface area (Å²) in [7, 11) is 0. The first kappa shape index (κ1) is 23.6. The van der Waals surface area contributed by atoms with Crippen LogP contribution in [0.5, 0.6) is 0 Å². The van der Waals surface area contributed by atoms with E-state index in [1.807, 2.05) is 31.2 Å². The Bertz CT molecular complexity index is 1360. The maximum absolute atomic E-state index is 14.4. The molecular formula is C24H19ClFN3O4S. The van der Waals surface area contributed by atoms with Gasteiger partial charge in [-0.15, -0.1) is 11.3 Å². The minimum atomic E-state index is -0.760. The molecule has 0 saturated heterocycles. The maximum Gasteiger partial charge on any atom is 0.344 e. The highest BCUT2D eigenvalue weighted by Crippen LogP contribution is 2.34. The number of benzene rings is 2. The highest BCUT2D eigenvalue weighted by Gasteiger charge is 2.27. The third-order valence-corrected chi connectivity index (χ3v) is 6.11. The standard InChI is InChI=1S/C24H19ClFN3O4S/c1-13-6-4-7-17(10-13)29(15(3)30)24-27-16(12-34-24)11-32-23(31)20-14(2)33-28-22(20)21-18(25)8-5-9-19(21)26/h4-10,12H,11H2,1-3H3. The number of hydrogen-bond donors (Lipinski definition) is 0. The van der Waals surface area contributed by atoms with Crippen LogP contribution in [0.1, 0.15) is 34.3 Å². The van der Waals surface area contributed by atoms with Crippen LogP contribution in [0, 0.1) is 19.7 Å². The zero-order valence-electron chi connectivity index (χ0n) is 18.5. The van der Waals surface area contributed by atoms with Crippen molar-refractivity contribution in [1.29, 1.82) is 0 Å². The molecule has 7 nitrogen and oxygen atoms in total. The van der Waals surface area contributed by atoms with Crippen molar-refractivity contribution < 1.29 is 23.2 Å². The number of amides is 1. The number of carbonyl (C=O) groups is 2. The van der Waals surface area contributed by atoms with Gasteiger partial charge in [-0.2, -0.15) is 0 Å². The highest BCUT2D eigenvalue weighted by atomic mass is 35.5. The number of nitrogens with zero attached hydrogens (tertiary/aromatic N) is 3. The van der Waals surface area contributed by atoms with Crippen LogP contribution in [-0.2, 0) is 16.1 Å². The number of hydrogen-bond acceptors (Lipinski definition) is 7. The van der Waals surface area contributed by atoms with Gasteiger partial charge in [0.05, 0.1) is 22.0 Å². The number of aryl methyl sites for hydroxylation is 2. The van der Waals surface area contributed by atoms with Crippen LogP contribution in [0.25, 0.3) is 11.3 Å². The summed E-state index contributed by atoms with van der Waals surface area (Å²) in [5.74, 6) is -1.43. The summed E-state index contributed by atoms with van der Waals surface area (Å²) >= 11 is 7.37. The monoisotopic (exact) mass is 499 g/mol.